The Bertz CT molecular complexity index is 1160. The molecule has 0 aliphatic heterocycles. The lowest BCUT2D eigenvalue weighted by Gasteiger charge is -2.12. The van der Waals surface area contributed by atoms with Crippen LogP contribution >= 0.6 is 0 Å². The number of furan rings is 1. The largest absolute Gasteiger partial charge is 0.456 e. The fourth-order valence-electron chi connectivity index (χ4n) is 2.15. The van der Waals surface area contributed by atoms with Crippen LogP contribution in [-0.2, 0) is 24.4 Å². The van der Waals surface area contributed by atoms with Crippen LogP contribution in [0.25, 0.3) is 21.9 Å². The van der Waals surface area contributed by atoms with Crippen LogP contribution < -0.4 is 0 Å². The van der Waals surface area contributed by atoms with E-state index in [1.165, 1.54) is 6.07 Å². The van der Waals surface area contributed by atoms with E-state index in [0.29, 0.717) is 11.0 Å². The molecule has 25 heavy (non-hydrogen) atoms. The number of para-hydroxylation sites is 1. The van der Waals surface area contributed by atoms with Crippen LogP contribution in [0.15, 0.2) is 51.8 Å². The quantitative estimate of drug-likeness (QED) is 0.525. The monoisotopic (exact) mass is 392 g/mol. The zero-order chi connectivity index (χ0) is 18.5. The molecule has 0 bridgehead atoms. The summed E-state index contributed by atoms with van der Waals surface area (Å²) in [6.45, 7) is -2.05. The molecule has 3 aromatic rings. The Kier molecular flexibility index (Phi) is 4.06. The first kappa shape index (κ1) is 17.7. The van der Waals surface area contributed by atoms with Gasteiger partial charge in [0.15, 0.2) is 0 Å². The highest BCUT2D eigenvalue weighted by atomic mass is 32.2. The van der Waals surface area contributed by atoms with Crippen LogP contribution in [0.1, 0.15) is 0 Å². The van der Waals surface area contributed by atoms with Gasteiger partial charge in [0, 0.05) is 16.8 Å². The summed E-state index contributed by atoms with van der Waals surface area (Å²) in [7, 11) is -10.5. The van der Waals surface area contributed by atoms with Crippen molar-refractivity contribution >= 4 is 42.2 Å². The molecule has 0 saturated carbocycles. The molecule has 134 valence electrons. The Morgan fingerprint density at radius 2 is 1.64 bits per heavy atom. The van der Waals surface area contributed by atoms with Gasteiger partial charge in [-0.3, -0.25) is 8.74 Å². The third-order valence-corrected chi connectivity index (χ3v) is 5.53. The third kappa shape index (κ3) is 3.23. The molecule has 0 aliphatic rings. The predicted octanol–water partition coefficient (Wildman–Crippen LogP) is 2.77. The number of alkyl halides is 2. The topological polar surface area (TPSA) is 111 Å². The summed E-state index contributed by atoms with van der Waals surface area (Å²) in [4.78, 5) is -0.495. The minimum Gasteiger partial charge on any atom is -0.456 e. The van der Waals surface area contributed by atoms with Gasteiger partial charge in [0.25, 0.3) is 10.1 Å². The molecule has 3 rings (SSSR count). The highest BCUT2D eigenvalue weighted by Gasteiger charge is 2.46. The molecule has 0 radical (unpaired) electrons. The van der Waals surface area contributed by atoms with Gasteiger partial charge in [-0.15, -0.1) is 0 Å². The second-order valence-corrected chi connectivity index (χ2v) is 8.25. The van der Waals surface area contributed by atoms with Crippen LogP contribution in [0.2, 0.25) is 0 Å². The molecule has 0 spiro atoms. The lowest BCUT2D eigenvalue weighted by atomic mass is 10.2. The van der Waals surface area contributed by atoms with Crippen molar-refractivity contribution in [3.63, 3.8) is 0 Å². The molecule has 0 amide bonds. The highest BCUT2D eigenvalue weighted by Crippen LogP contribution is 2.31. The second kappa shape index (κ2) is 5.73. The van der Waals surface area contributed by atoms with E-state index in [-0.39, 0.29) is 5.58 Å². The SMILES string of the molecule is O=S(=O)(OCC(F)(F)S(=O)(=O)O)c1ccc2c(c1)oc1ccccc12. The molecule has 1 aromatic heterocycles. The molecule has 1 N–H and O–H groups in total. The van der Waals surface area contributed by atoms with E-state index in [4.69, 9.17) is 8.97 Å². The number of hydrogen-bond donors (Lipinski definition) is 1. The number of rotatable bonds is 5. The van der Waals surface area contributed by atoms with Crippen molar-refractivity contribution in [2.24, 2.45) is 0 Å². The van der Waals surface area contributed by atoms with Crippen molar-refractivity contribution in [1.82, 2.24) is 0 Å². The molecule has 7 nitrogen and oxygen atoms in total. The summed E-state index contributed by atoms with van der Waals surface area (Å²) in [5.41, 5.74) is 0.693. The molecule has 0 unspecified atom stereocenters. The second-order valence-electron chi connectivity index (χ2n) is 5.08. The fourth-order valence-corrected chi connectivity index (χ4v) is 3.36. The van der Waals surface area contributed by atoms with Gasteiger partial charge in [-0.2, -0.15) is 25.6 Å². The number of hydrogen-bond acceptors (Lipinski definition) is 6. The molecule has 0 fully saturated rings. The summed E-state index contributed by atoms with van der Waals surface area (Å²) in [6, 6.07) is 10.5. The first-order valence-corrected chi connectivity index (χ1v) is 9.52. The molecule has 0 saturated heterocycles. The summed E-state index contributed by atoms with van der Waals surface area (Å²) in [5.74, 6) is 0. The smallest absolute Gasteiger partial charge is 0.393 e. The van der Waals surface area contributed by atoms with E-state index in [9.17, 15) is 25.6 Å². The van der Waals surface area contributed by atoms with E-state index in [0.717, 1.165) is 17.5 Å². The van der Waals surface area contributed by atoms with Gasteiger partial charge in [0.1, 0.15) is 17.8 Å². The fraction of sp³-hybridized carbons (Fsp3) is 0.143. The van der Waals surface area contributed by atoms with E-state index < -0.39 is 37.0 Å². The van der Waals surface area contributed by atoms with E-state index in [1.54, 1.807) is 24.3 Å². The Morgan fingerprint density at radius 3 is 2.32 bits per heavy atom. The van der Waals surface area contributed by atoms with Crippen molar-refractivity contribution in [1.29, 1.82) is 0 Å². The van der Waals surface area contributed by atoms with Gasteiger partial charge in [0.05, 0.1) is 4.90 Å². The van der Waals surface area contributed by atoms with Gasteiger partial charge in [-0.05, 0) is 18.2 Å². The molecular weight excluding hydrogens is 382 g/mol. The average Bonchev–Trinajstić information content (AvgIpc) is 2.90. The van der Waals surface area contributed by atoms with Crippen molar-refractivity contribution < 1.29 is 38.8 Å². The average molecular weight is 392 g/mol. The maximum atomic E-state index is 13.1. The van der Waals surface area contributed by atoms with Crippen molar-refractivity contribution in [2.45, 2.75) is 10.2 Å². The first-order chi connectivity index (χ1) is 11.5. The van der Waals surface area contributed by atoms with Gasteiger partial charge >= 0.3 is 15.4 Å². The maximum Gasteiger partial charge on any atom is 0.393 e. The zero-order valence-corrected chi connectivity index (χ0v) is 13.9. The minimum atomic E-state index is -5.80. The van der Waals surface area contributed by atoms with Gasteiger partial charge in [-0.25, -0.2) is 0 Å². The van der Waals surface area contributed by atoms with E-state index in [2.05, 4.69) is 4.18 Å². The lowest BCUT2D eigenvalue weighted by Crippen LogP contribution is -2.34. The number of benzene rings is 2. The van der Waals surface area contributed by atoms with Crippen LogP contribution in [0.5, 0.6) is 0 Å². The summed E-state index contributed by atoms with van der Waals surface area (Å²) < 4.78 is 89.1. The Balaban J connectivity index is 1.96. The van der Waals surface area contributed by atoms with Crippen molar-refractivity contribution in [2.75, 3.05) is 6.61 Å². The predicted molar refractivity (Wildman–Crippen MR) is 83.4 cm³/mol. The number of halogens is 2. The molecule has 2 aromatic carbocycles. The van der Waals surface area contributed by atoms with Crippen LogP contribution in [0.4, 0.5) is 8.78 Å². The first-order valence-electron chi connectivity index (χ1n) is 6.67. The minimum absolute atomic E-state index is 0.187. The normalized spacial score (nSPS) is 13.6. The molecule has 11 heteroatoms. The van der Waals surface area contributed by atoms with Gasteiger partial charge in [-0.1, -0.05) is 18.2 Å². The Labute approximate surface area is 140 Å². The van der Waals surface area contributed by atoms with Crippen LogP contribution in [-0.4, -0.2) is 33.2 Å². The summed E-state index contributed by atoms with van der Waals surface area (Å²) in [6.07, 6.45) is 0. The van der Waals surface area contributed by atoms with Crippen LogP contribution in [0, 0.1) is 0 Å². The standard InChI is InChI=1S/C14H10F2O7S2/c15-14(16,25(19,20)21)8-22-24(17,18)9-5-6-11-10-3-1-2-4-12(10)23-13(11)7-9/h1-7H,8H2,(H,19,20,21). The Morgan fingerprint density at radius 1 is 1.00 bits per heavy atom. The van der Waals surface area contributed by atoms with Crippen molar-refractivity contribution in [3.05, 3.63) is 42.5 Å². The maximum absolute atomic E-state index is 13.1. The molecule has 0 atom stereocenters. The summed E-state index contributed by atoms with van der Waals surface area (Å²) in [5, 5.41) is -3.41. The molecular formula is C14H10F2O7S2. The highest BCUT2D eigenvalue weighted by molar-refractivity contribution is 7.87. The van der Waals surface area contributed by atoms with Crippen molar-refractivity contribution in [3.8, 4) is 0 Å². The molecule has 1 heterocycles. The Hall–Kier alpha value is -2.08. The summed E-state index contributed by atoms with van der Waals surface area (Å²) >= 11 is 0. The van der Waals surface area contributed by atoms with Gasteiger partial charge < -0.3 is 4.42 Å². The zero-order valence-electron chi connectivity index (χ0n) is 12.2. The van der Waals surface area contributed by atoms with Gasteiger partial charge in [0.2, 0.25) is 0 Å². The third-order valence-electron chi connectivity index (χ3n) is 3.40. The van der Waals surface area contributed by atoms with E-state index in [1.807, 2.05) is 0 Å². The molecule has 0 aliphatic carbocycles. The van der Waals surface area contributed by atoms with E-state index >= 15 is 0 Å². The van der Waals surface area contributed by atoms with Crippen LogP contribution in [0.3, 0.4) is 0 Å². The number of fused-ring (bicyclic) bond motifs is 3. The lowest BCUT2D eigenvalue weighted by molar-refractivity contribution is 0.0312.